The summed E-state index contributed by atoms with van der Waals surface area (Å²) in [5.41, 5.74) is -0.0901. The number of aromatic amines is 1. The number of rotatable bonds is 4. The largest absolute Gasteiger partial charge is 0.744 e. The summed E-state index contributed by atoms with van der Waals surface area (Å²) in [6, 6.07) is 0. The number of aliphatic hydroxyl groups is 1. The van der Waals surface area contributed by atoms with Gasteiger partial charge in [0.2, 0.25) is 0 Å². The third-order valence-electron chi connectivity index (χ3n) is 3.24. The van der Waals surface area contributed by atoms with Gasteiger partial charge in [0.15, 0.2) is 0 Å². The van der Waals surface area contributed by atoms with E-state index in [4.69, 9.17) is 0 Å². The fourth-order valence-electron chi connectivity index (χ4n) is 2.38. The maximum Gasteiger partial charge on any atom is 0.358 e. The van der Waals surface area contributed by atoms with Crippen LogP contribution in [0.15, 0.2) is 12.4 Å². The van der Waals surface area contributed by atoms with Crippen LogP contribution in [0.1, 0.15) is 19.3 Å². The normalized spacial score (nSPS) is 18.7. The minimum Gasteiger partial charge on any atom is -0.744 e. The Morgan fingerprint density at radius 1 is 1.28 bits per heavy atom. The maximum atomic E-state index is 10.7. The predicted molar refractivity (Wildman–Crippen MR) is 67.1 cm³/mol. The van der Waals surface area contributed by atoms with Crippen molar-refractivity contribution in [2.45, 2.75) is 31.9 Å². The highest BCUT2D eigenvalue weighted by Crippen LogP contribution is 2.09. The molecule has 1 aromatic heterocycles. The molecular formula is C11H19N4O3-. The fraction of sp³-hybridized carbons (Fsp3) is 0.727. The van der Waals surface area contributed by atoms with Crippen molar-refractivity contribution in [2.75, 3.05) is 19.6 Å². The molecule has 7 heteroatoms. The molecule has 1 unspecified atom stereocenters. The molecule has 0 aromatic carbocycles. The summed E-state index contributed by atoms with van der Waals surface area (Å²) in [6.07, 6.45) is 6.10. The molecular weight excluding hydrogens is 236 g/mol. The fourth-order valence-corrected chi connectivity index (χ4v) is 2.38. The predicted octanol–water partition coefficient (Wildman–Crippen LogP) is -0.569. The van der Waals surface area contributed by atoms with Gasteiger partial charge < -0.3 is 20.4 Å². The Kier molecular flexibility index (Phi) is 4.27. The summed E-state index contributed by atoms with van der Waals surface area (Å²) < 4.78 is 1.44. The average Bonchev–Trinajstić information content (AvgIpc) is 2.78. The van der Waals surface area contributed by atoms with Gasteiger partial charge in [-0.3, -0.25) is 4.90 Å². The van der Waals surface area contributed by atoms with Gasteiger partial charge in [0.25, 0.3) is 0 Å². The minimum atomic E-state index is -0.581. The van der Waals surface area contributed by atoms with Crippen molar-refractivity contribution in [2.24, 2.45) is 0 Å². The third-order valence-corrected chi connectivity index (χ3v) is 3.24. The molecule has 2 heterocycles. The summed E-state index contributed by atoms with van der Waals surface area (Å²) >= 11 is 0. The summed E-state index contributed by atoms with van der Waals surface area (Å²) in [7, 11) is 0. The molecule has 0 radical (unpaired) electrons. The highest BCUT2D eigenvalue weighted by atomic mass is 16.8. The zero-order valence-electron chi connectivity index (χ0n) is 10.3. The molecule has 2 N–H and O–H groups in total. The number of hydrogen-bond donors (Lipinski definition) is 2. The molecule has 0 spiro atoms. The van der Waals surface area contributed by atoms with Crippen LogP contribution in [0.4, 0.5) is 0 Å². The lowest BCUT2D eigenvalue weighted by atomic mass is 10.1. The number of imidazole rings is 1. The van der Waals surface area contributed by atoms with Crippen molar-refractivity contribution in [3.8, 4) is 0 Å². The number of nitrogens with one attached hydrogen (secondary N) is 1. The summed E-state index contributed by atoms with van der Waals surface area (Å²) in [5.74, 6) is 0. The second-order valence-electron chi connectivity index (χ2n) is 4.71. The van der Waals surface area contributed by atoms with Gasteiger partial charge in [-0.05, 0) is 25.9 Å². The number of H-pyrrole nitrogens is 1. The quantitative estimate of drug-likeness (QED) is 0.705. The monoisotopic (exact) mass is 255 g/mol. The van der Waals surface area contributed by atoms with Gasteiger partial charge in [-0.1, -0.05) is 6.42 Å². The lowest BCUT2D eigenvalue weighted by Crippen LogP contribution is -2.40. The zero-order chi connectivity index (χ0) is 13.0. The first-order chi connectivity index (χ1) is 8.66. The number of piperidine rings is 1. The highest BCUT2D eigenvalue weighted by molar-refractivity contribution is 4.80. The van der Waals surface area contributed by atoms with Crippen LogP contribution in [-0.4, -0.2) is 45.3 Å². The van der Waals surface area contributed by atoms with E-state index in [9.17, 15) is 15.5 Å². The van der Waals surface area contributed by atoms with Gasteiger partial charge in [-0.25, -0.2) is 9.55 Å². The van der Waals surface area contributed by atoms with E-state index < -0.39 is 11.0 Å². The Balaban J connectivity index is 1.92. The number of nitrogens with zero attached hydrogens (tertiary/aromatic N) is 3. The van der Waals surface area contributed by atoms with Gasteiger partial charge in [0.1, 0.15) is 0 Å². The Morgan fingerprint density at radius 3 is 2.67 bits per heavy atom. The van der Waals surface area contributed by atoms with Gasteiger partial charge in [0, 0.05) is 6.54 Å². The smallest absolute Gasteiger partial charge is 0.358 e. The number of aliphatic hydroxyl groups excluding tert-OH is 1. The van der Waals surface area contributed by atoms with E-state index in [0.29, 0.717) is 6.54 Å². The average molecular weight is 255 g/mol. The van der Waals surface area contributed by atoms with Crippen LogP contribution in [0.5, 0.6) is 0 Å². The van der Waals surface area contributed by atoms with Crippen LogP contribution < -0.4 is 10.5 Å². The highest BCUT2D eigenvalue weighted by Gasteiger charge is 2.16. The first-order valence-electron chi connectivity index (χ1n) is 6.28. The van der Waals surface area contributed by atoms with Gasteiger partial charge in [-0.2, -0.15) is 0 Å². The molecule has 0 saturated carbocycles. The molecule has 0 amide bonds. The summed E-state index contributed by atoms with van der Waals surface area (Å²) in [4.78, 5) is 4.29. The van der Waals surface area contributed by atoms with Crippen LogP contribution in [0.2, 0.25) is 0 Å². The van der Waals surface area contributed by atoms with Gasteiger partial charge in [0.05, 0.1) is 25.0 Å². The van der Waals surface area contributed by atoms with Crippen molar-refractivity contribution in [3.05, 3.63) is 28.4 Å². The lowest BCUT2D eigenvalue weighted by Gasteiger charge is -2.28. The van der Waals surface area contributed by atoms with Crippen LogP contribution in [0.25, 0.3) is 0 Å². The topological polar surface area (TPSA) is 93.3 Å². The van der Waals surface area contributed by atoms with E-state index in [2.05, 4.69) is 9.88 Å². The van der Waals surface area contributed by atoms with Crippen molar-refractivity contribution < 1.29 is 5.11 Å². The van der Waals surface area contributed by atoms with Gasteiger partial charge >= 0.3 is 5.62 Å². The Bertz CT molecular complexity index is 429. The number of hydrogen-bond acceptors (Lipinski definition) is 4. The molecule has 1 fully saturated rings. The van der Waals surface area contributed by atoms with Crippen molar-refractivity contribution >= 4 is 0 Å². The number of likely N-dealkylation sites (tertiary alicyclic amines) is 1. The van der Waals surface area contributed by atoms with E-state index in [1.165, 1.54) is 30.0 Å². The molecule has 1 atom stereocenters. The second-order valence-corrected chi connectivity index (χ2v) is 4.71. The molecule has 18 heavy (non-hydrogen) atoms. The first kappa shape index (κ1) is 13.0. The number of aromatic nitrogens is 2. The van der Waals surface area contributed by atoms with Gasteiger partial charge in [-0.15, -0.1) is 0 Å². The first-order valence-corrected chi connectivity index (χ1v) is 6.28. The molecule has 1 aliphatic rings. The molecule has 0 aliphatic carbocycles. The van der Waals surface area contributed by atoms with E-state index in [1.807, 2.05) is 0 Å². The number of β-amino-alcohol motifs (C(OH)–C–C–N with tert-alkyl or cyclic N) is 1. The van der Waals surface area contributed by atoms with Crippen molar-refractivity contribution in [3.63, 3.8) is 0 Å². The van der Waals surface area contributed by atoms with E-state index in [1.54, 1.807) is 6.20 Å². The Hall–Kier alpha value is -1.47. The third kappa shape index (κ3) is 3.27. The molecule has 1 aliphatic heterocycles. The van der Waals surface area contributed by atoms with E-state index in [-0.39, 0.29) is 12.2 Å². The molecule has 0 bridgehead atoms. The zero-order valence-corrected chi connectivity index (χ0v) is 10.3. The lowest BCUT2D eigenvalue weighted by molar-refractivity contribution is 0.0872. The summed E-state index contributed by atoms with van der Waals surface area (Å²) in [6.45, 7) is 2.85. The molecule has 1 saturated heterocycles. The van der Waals surface area contributed by atoms with E-state index >= 15 is 0 Å². The molecule has 7 nitrogen and oxygen atoms in total. The van der Waals surface area contributed by atoms with Crippen LogP contribution in [-0.2, 0) is 6.54 Å². The SMILES string of the molecule is [O-][N+]([O-])=c1[nH]ccn1CC(O)CN1CCCCC1. The minimum absolute atomic E-state index is 0.0901. The Labute approximate surface area is 105 Å². The second kappa shape index (κ2) is 5.92. The standard InChI is InChI=1S/C11H19N4O3/c16-10(8-13-5-2-1-3-6-13)9-14-7-4-12-11(14)15(17)18/h4,7,10,12,16H,1-3,5-6,8-9H2/q-1. The van der Waals surface area contributed by atoms with Crippen molar-refractivity contribution in [1.29, 1.82) is 0 Å². The summed E-state index contributed by atoms with van der Waals surface area (Å²) in [5, 5.41) is 31.4. The van der Waals surface area contributed by atoms with Crippen molar-refractivity contribution in [1.82, 2.24) is 19.4 Å². The Morgan fingerprint density at radius 2 is 2.00 bits per heavy atom. The maximum absolute atomic E-state index is 10.7. The molecule has 102 valence electrons. The molecule has 1 aromatic rings. The van der Waals surface area contributed by atoms with Crippen LogP contribution >= 0.6 is 0 Å². The van der Waals surface area contributed by atoms with Crippen LogP contribution in [0, 0.1) is 10.4 Å². The molecule has 2 rings (SSSR count). The van der Waals surface area contributed by atoms with Crippen LogP contribution in [0.3, 0.4) is 0 Å². The van der Waals surface area contributed by atoms with E-state index in [0.717, 1.165) is 13.1 Å².